The van der Waals surface area contributed by atoms with Crippen molar-refractivity contribution in [3.8, 4) is 11.1 Å². The van der Waals surface area contributed by atoms with Gasteiger partial charge in [0.2, 0.25) is 0 Å². The topological polar surface area (TPSA) is 58.4 Å². The van der Waals surface area contributed by atoms with Crippen LogP contribution in [0.3, 0.4) is 0 Å². The number of nitrogens with one attached hydrogen (secondary N) is 1. The fraction of sp³-hybridized carbons (Fsp3) is 0.222. The molecule has 0 saturated heterocycles. The summed E-state index contributed by atoms with van der Waals surface area (Å²) in [6, 6.07) is 20.7. The Morgan fingerprint density at radius 3 is 2.35 bits per heavy atom. The van der Waals surface area contributed by atoms with E-state index in [2.05, 4.69) is 62.5 Å². The summed E-state index contributed by atoms with van der Waals surface area (Å²) in [5, 5.41) is 6.66. The number of aryl methyl sites for hydroxylation is 3. The number of hydrogen-bond acceptors (Lipinski definition) is 3. The lowest BCUT2D eigenvalue weighted by Gasteiger charge is -2.27. The van der Waals surface area contributed by atoms with E-state index in [9.17, 15) is 4.79 Å². The second-order valence-corrected chi connectivity index (χ2v) is 8.03. The Kier molecular flexibility index (Phi) is 5.92. The molecule has 1 heterocycles. The Balaban J connectivity index is 1.60. The number of hydrogen-bond donors (Lipinski definition) is 2. The lowest BCUT2D eigenvalue weighted by atomic mass is 9.96. The van der Waals surface area contributed by atoms with Gasteiger partial charge < -0.3 is 5.32 Å². The molecule has 3 N–H and O–H groups in total. The van der Waals surface area contributed by atoms with Gasteiger partial charge in [0.15, 0.2) is 0 Å². The molecule has 0 radical (unpaired) electrons. The van der Waals surface area contributed by atoms with Crippen LogP contribution in [0.15, 0.2) is 60.7 Å². The van der Waals surface area contributed by atoms with Gasteiger partial charge in [-0.2, -0.15) is 0 Å². The highest BCUT2D eigenvalue weighted by atomic mass is 16.2. The highest BCUT2D eigenvalue weighted by molar-refractivity contribution is 5.94. The van der Waals surface area contributed by atoms with E-state index >= 15 is 0 Å². The standard InChI is InChI=1S/C27H29N3O/c1-4-19-8-10-21(11-9-19)27(31)30(28)26-16-22-12-13-23(15-24(22)17-29-26)25-14-20(5-2)7-6-18(25)3/h6-17,26,29H,4-5,28H2,1-3H3. The summed E-state index contributed by atoms with van der Waals surface area (Å²) in [5.41, 5.74) is 6.81. The molecule has 4 rings (SSSR count). The zero-order valence-electron chi connectivity index (χ0n) is 18.4. The second-order valence-electron chi connectivity index (χ2n) is 8.03. The van der Waals surface area contributed by atoms with E-state index in [-0.39, 0.29) is 5.91 Å². The molecule has 1 aliphatic heterocycles. The largest absolute Gasteiger partial charge is 0.366 e. The number of rotatable bonds is 5. The maximum atomic E-state index is 12.8. The van der Waals surface area contributed by atoms with Crippen molar-refractivity contribution in [3.63, 3.8) is 0 Å². The summed E-state index contributed by atoms with van der Waals surface area (Å²) >= 11 is 0. The molecular weight excluding hydrogens is 382 g/mol. The molecule has 0 bridgehead atoms. The molecule has 1 aliphatic rings. The lowest BCUT2D eigenvalue weighted by Crippen LogP contribution is -2.53. The first kappa shape index (κ1) is 20.9. The van der Waals surface area contributed by atoms with Gasteiger partial charge in [-0.05, 0) is 82.3 Å². The van der Waals surface area contributed by atoms with Crippen molar-refractivity contribution in [1.29, 1.82) is 0 Å². The average Bonchev–Trinajstić information content (AvgIpc) is 2.82. The Morgan fingerprint density at radius 1 is 0.935 bits per heavy atom. The predicted octanol–water partition coefficient (Wildman–Crippen LogP) is 3.25. The molecule has 4 heteroatoms. The Hall–Kier alpha value is -3.37. The molecule has 31 heavy (non-hydrogen) atoms. The van der Waals surface area contributed by atoms with Crippen LogP contribution < -0.4 is 21.6 Å². The third kappa shape index (κ3) is 4.25. The summed E-state index contributed by atoms with van der Waals surface area (Å²) in [7, 11) is 0. The van der Waals surface area contributed by atoms with E-state index in [4.69, 9.17) is 5.84 Å². The van der Waals surface area contributed by atoms with Crippen LogP contribution in [0.5, 0.6) is 0 Å². The maximum Gasteiger partial charge on any atom is 0.269 e. The van der Waals surface area contributed by atoms with Crippen LogP contribution in [0.1, 0.15) is 40.9 Å². The van der Waals surface area contributed by atoms with Gasteiger partial charge in [-0.25, -0.2) is 5.84 Å². The van der Waals surface area contributed by atoms with Crippen LogP contribution in [0.2, 0.25) is 0 Å². The van der Waals surface area contributed by atoms with Gasteiger partial charge >= 0.3 is 0 Å². The quantitative estimate of drug-likeness (QED) is 0.385. The number of hydrazine groups is 1. The second kappa shape index (κ2) is 8.78. The number of amides is 1. The molecule has 3 aromatic carbocycles. The van der Waals surface area contributed by atoms with Crippen molar-refractivity contribution in [3.05, 3.63) is 93.4 Å². The van der Waals surface area contributed by atoms with Crippen LogP contribution in [-0.2, 0) is 12.8 Å². The molecule has 0 saturated carbocycles. The number of fused-ring (bicyclic) bond motifs is 1. The first-order valence-corrected chi connectivity index (χ1v) is 10.9. The molecule has 4 nitrogen and oxygen atoms in total. The number of carbonyl (C=O) groups excluding carboxylic acids is 1. The smallest absolute Gasteiger partial charge is 0.269 e. The summed E-state index contributed by atoms with van der Waals surface area (Å²) < 4.78 is 0. The van der Waals surface area contributed by atoms with Gasteiger partial charge in [-0.1, -0.05) is 56.3 Å². The summed E-state index contributed by atoms with van der Waals surface area (Å²) in [6.45, 7) is 6.41. The predicted molar refractivity (Wildman–Crippen MR) is 127 cm³/mol. The van der Waals surface area contributed by atoms with E-state index < -0.39 is 6.17 Å². The number of carbonyl (C=O) groups is 1. The molecule has 0 spiro atoms. The van der Waals surface area contributed by atoms with Crippen molar-refractivity contribution in [1.82, 2.24) is 10.3 Å². The fourth-order valence-electron chi connectivity index (χ4n) is 3.93. The summed E-state index contributed by atoms with van der Waals surface area (Å²) in [4.78, 5) is 12.8. The van der Waals surface area contributed by atoms with Gasteiger partial charge in [-0.3, -0.25) is 9.80 Å². The molecule has 1 unspecified atom stereocenters. The minimum absolute atomic E-state index is 0.211. The number of benzene rings is 3. The minimum Gasteiger partial charge on any atom is -0.366 e. The minimum atomic E-state index is -0.401. The van der Waals surface area contributed by atoms with Crippen molar-refractivity contribution in [2.75, 3.05) is 0 Å². The van der Waals surface area contributed by atoms with Gasteiger partial charge in [0.05, 0.1) is 0 Å². The van der Waals surface area contributed by atoms with Crippen molar-refractivity contribution in [2.45, 2.75) is 39.8 Å². The maximum absolute atomic E-state index is 12.8. The Morgan fingerprint density at radius 2 is 1.65 bits per heavy atom. The Labute approximate surface area is 183 Å². The number of nitrogens with zero attached hydrogens (tertiary/aromatic N) is 1. The fourth-order valence-corrected chi connectivity index (χ4v) is 3.93. The normalized spacial score (nSPS) is 14.6. The van der Waals surface area contributed by atoms with E-state index in [1.807, 2.05) is 36.5 Å². The van der Waals surface area contributed by atoms with Crippen LogP contribution in [0.4, 0.5) is 0 Å². The molecule has 0 fully saturated rings. The van der Waals surface area contributed by atoms with Gasteiger partial charge in [-0.15, -0.1) is 0 Å². The van der Waals surface area contributed by atoms with E-state index in [1.165, 1.54) is 32.8 Å². The van der Waals surface area contributed by atoms with Crippen LogP contribution in [0.25, 0.3) is 23.4 Å². The van der Waals surface area contributed by atoms with Crippen LogP contribution in [0, 0.1) is 6.92 Å². The molecule has 158 valence electrons. The molecule has 0 aromatic heterocycles. The van der Waals surface area contributed by atoms with E-state index in [1.54, 1.807) is 0 Å². The molecule has 0 aliphatic carbocycles. The average molecular weight is 412 g/mol. The van der Waals surface area contributed by atoms with Crippen LogP contribution >= 0.6 is 0 Å². The highest BCUT2D eigenvalue weighted by Crippen LogP contribution is 2.23. The van der Waals surface area contributed by atoms with Crippen molar-refractivity contribution in [2.24, 2.45) is 5.84 Å². The monoisotopic (exact) mass is 411 g/mol. The van der Waals surface area contributed by atoms with Gasteiger partial charge in [0.25, 0.3) is 5.91 Å². The first-order valence-electron chi connectivity index (χ1n) is 10.9. The molecule has 1 amide bonds. The molecule has 3 aromatic rings. The van der Waals surface area contributed by atoms with Gasteiger partial charge in [0.1, 0.15) is 6.17 Å². The lowest BCUT2D eigenvalue weighted by molar-refractivity contribution is 0.0711. The molecule has 1 atom stereocenters. The van der Waals surface area contributed by atoms with Crippen LogP contribution in [-0.4, -0.2) is 17.1 Å². The van der Waals surface area contributed by atoms with Crippen molar-refractivity contribution >= 4 is 18.2 Å². The van der Waals surface area contributed by atoms with Gasteiger partial charge in [0, 0.05) is 11.8 Å². The zero-order valence-corrected chi connectivity index (χ0v) is 18.4. The summed E-state index contributed by atoms with van der Waals surface area (Å²) in [6.07, 6.45) is 5.49. The SMILES string of the molecule is CCc1ccc(C(=O)N(N)C2C=c3ccc(-c4cc(CC)ccc4C)cc3=CN2)cc1. The zero-order chi connectivity index (χ0) is 22.0. The third-order valence-corrected chi connectivity index (χ3v) is 6.00. The summed E-state index contributed by atoms with van der Waals surface area (Å²) in [5.74, 6) is 5.98. The number of nitrogens with two attached hydrogens (primary N) is 1. The van der Waals surface area contributed by atoms with E-state index in [0.29, 0.717) is 5.56 Å². The van der Waals surface area contributed by atoms with E-state index in [0.717, 1.165) is 23.3 Å². The highest BCUT2D eigenvalue weighted by Gasteiger charge is 2.20. The molecular formula is C27H29N3O. The van der Waals surface area contributed by atoms with Crippen molar-refractivity contribution < 1.29 is 4.79 Å². The third-order valence-electron chi connectivity index (χ3n) is 6.00. The Bertz CT molecular complexity index is 1230. The first-order chi connectivity index (χ1) is 15.0.